The maximum absolute atomic E-state index is 11.4. The molecule has 6 nitrogen and oxygen atoms in total. The van der Waals surface area contributed by atoms with Gasteiger partial charge in [0.05, 0.1) is 0 Å². The predicted octanol–water partition coefficient (Wildman–Crippen LogP) is 0.495. The molecule has 0 aromatic carbocycles. The van der Waals surface area contributed by atoms with Gasteiger partial charge in [-0.3, -0.25) is 0 Å². The third kappa shape index (κ3) is 2.91. The average Bonchev–Trinajstić information content (AvgIpc) is 2.35. The average molecular weight is 238 g/mol. The molecular formula is C11H18N4O2. The van der Waals surface area contributed by atoms with Gasteiger partial charge in [-0.2, -0.15) is 0 Å². The molecule has 1 rings (SSSR count). The lowest BCUT2D eigenvalue weighted by Gasteiger charge is -2.35. The number of carbonyl (C=O) groups is 1. The molecular weight excluding hydrogens is 220 g/mol. The van der Waals surface area contributed by atoms with Gasteiger partial charge in [0.1, 0.15) is 5.54 Å². The van der Waals surface area contributed by atoms with E-state index in [0.29, 0.717) is 25.3 Å². The standard InChI is InChI=1S/C11H18N4O2/c1-11(9(16)17,5-3-6-12)15(2)10-13-7-4-8-14-10/h4,7-8H,3,5-6,12H2,1-2H3,(H,16,17)/t11-/m0/s1. The number of hydrogen-bond acceptors (Lipinski definition) is 5. The van der Waals surface area contributed by atoms with E-state index in [4.69, 9.17) is 5.73 Å². The molecule has 0 amide bonds. The third-order valence-electron chi connectivity index (χ3n) is 2.92. The molecule has 6 heteroatoms. The van der Waals surface area contributed by atoms with E-state index >= 15 is 0 Å². The van der Waals surface area contributed by atoms with Crippen molar-refractivity contribution in [1.29, 1.82) is 0 Å². The summed E-state index contributed by atoms with van der Waals surface area (Å²) in [4.78, 5) is 21.1. The molecule has 0 aliphatic heterocycles. The van der Waals surface area contributed by atoms with Crippen LogP contribution in [-0.2, 0) is 4.79 Å². The van der Waals surface area contributed by atoms with Crippen LogP contribution >= 0.6 is 0 Å². The van der Waals surface area contributed by atoms with Gasteiger partial charge in [0.2, 0.25) is 5.95 Å². The Bertz CT molecular complexity index is 371. The summed E-state index contributed by atoms with van der Waals surface area (Å²) in [6.07, 6.45) is 4.27. The highest BCUT2D eigenvalue weighted by molar-refractivity contribution is 5.82. The molecule has 1 aromatic heterocycles. The lowest BCUT2D eigenvalue weighted by molar-refractivity contribution is -0.143. The largest absolute Gasteiger partial charge is 0.480 e. The van der Waals surface area contributed by atoms with Crippen LogP contribution in [0.4, 0.5) is 5.95 Å². The fourth-order valence-electron chi connectivity index (χ4n) is 1.55. The van der Waals surface area contributed by atoms with Gasteiger partial charge < -0.3 is 15.7 Å². The zero-order valence-electron chi connectivity index (χ0n) is 10.1. The molecule has 0 aliphatic rings. The molecule has 0 unspecified atom stereocenters. The molecule has 0 saturated heterocycles. The van der Waals surface area contributed by atoms with Crippen molar-refractivity contribution in [1.82, 2.24) is 9.97 Å². The van der Waals surface area contributed by atoms with Gasteiger partial charge in [0.25, 0.3) is 0 Å². The number of likely N-dealkylation sites (N-methyl/N-ethyl adjacent to an activating group) is 1. The summed E-state index contributed by atoms with van der Waals surface area (Å²) in [6.45, 7) is 2.12. The van der Waals surface area contributed by atoms with E-state index in [1.807, 2.05) is 0 Å². The Morgan fingerprint density at radius 1 is 1.53 bits per heavy atom. The van der Waals surface area contributed by atoms with Crippen molar-refractivity contribution < 1.29 is 9.90 Å². The summed E-state index contributed by atoms with van der Waals surface area (Å²) >= 11 is 0. The van der Waals surface area contributed by atoms with Crippen LogP contribution in [0.2, 0.25) is 0 Å². The highest BCUT2D eigenvalue weighted by atomic mass is 16.4. The quantitative estimate of drug-likeness (QED) is 0.749. The van der Waals surface area contributed by atoms with Gasteiger partial charge in [0.15, 0.2) is 0 Å². The Morgan fingerprint density at radius 3 is 2.59 bits per heavy atom. The molecule has 0 saturated carbocycles. The summed E-state index contributed by atoms with van der Waals surface area (Å²) < 4.78 is 0. The van der Waals surface area contributed by atoms with Gasteiger partial charge in [-0.1, -0.05) is 0 Å². The van der Waals surface area contributed by atoms with Gasteiger partial charge in [-0.15, -0.1) is 0 Å². The Morgan fingerprint density at radius 2 is 2.12 bits per heavy atom. The number of anilines is 1. The summed E-state index contributed by atoms with van der Waals surface area (Å²) in [5.74, 6) is -0.504. The van der Waals surface area contributed by atoms with Gasteiger partial charge in [0, 0.05) is 19.4 Å². The lowest BCUT2D eigenvalue weighted by Crippen LogP contribution is -2.51. The number of nitrogens with zero attached hydrogens (tertiary/aromatic N) is 3. The fraction of sp³-hybridized carbons (Fsp3) is 0.545. The zero-order valence-corrected chi connectivity index (χ0v) is 10.1. The van der Waals surface area contributed by atoms with Gasteiger partial charge in [-0.05, 0) is 32.4 Å². The number of hydrogen-bond donors (Lipinski definition) is 2. The second kappa shape index (κ2) is 5.58. The maximum Gasteiger partial charge on any atom is 0.329 e. The van der Waals surface area contributed by atoms with Crippen molar-refractivity contribution >= 4 is 11.9 Å². The van der Waals surface area contributed by atoms with E-state index in [2.05, 4.69) is 9.97 Å². The van der Waals surface area contributed by atoms with Crippen LogP contribution in [-0.4, -0.2) is 40.2 Å². The summed E-state index contributed by atoms with van der Waals surface area (Å²) in [5.41, 5.74) is 4.39. The zero-order chi connectivity index (χ0) is 12.9. The third-order valence-corrected chi connectivity index (χ3v) is 2.92. The number of carboxylic acids is 1. The summed E-state index contributed by atoms with van der Waals surface area (Å²) in [7, 11) is 1.68. The molecule has 0 aliphatic carbocycles. The predicted molar refractivity (Wildman–Crippen MR) is 64.8 cm³/mol. The molecule has 94 valence electrons. The number of aromatic nitrogens is 2. The molecule has 0 radical (unpaired) electrons. The molecule has 17 heavy (non-hydrogen) atoms. The first-order chi connectivity index (χ1) is 8.02. The van der Waals surface area contributed by atoms with E-state index in [1.165, 1.54) is 0 Å². The molecule has 0 bridgehead atoms. The molecule has 1 aromatic rings. The molecule has 1 heterocycles. The van der Waals surface area contributed by atoms with Crippen molar-refractivity contribution in [3.05, 3.63) is 18.5 Å². The van der Waals surface area contributed by atoms with Crippen LogP contribution < -0.4 is 10.6 Å². The first kappa shape index (κ1) is 13.4. The van der Waals surface area contributed by atoms with E-state index in [9.17, 15) is 9.90 Å². The topological polar surface area (TPSA) is 92.3 Å². The Balaban J connectivity index is 2.95. The number of rotatable bonds is 6. The Labute approximate surface area is 100 Å². The first-order valence-electron chi connectivity index (χ1n) is 5.46. The molecule has 3 N–H and O–H groups in total. The Hall–Kier alpha value is -1.69. The minimum Gasteiger partial charge on any atom is -0.480 e. The highest BCUT2D eigenvalue weighted by Crippen LogP contribution is 2.23. The first-order valence-corrected chi connectivity index (χ1v) is 5.46. The van der Waals surface area contributed by atoms with Crippen molar-refractivity contribution in [2.24, 2.45) is 5.73 Å². The second-order valence-electron chi connectivity index (χ2n) is 4.08. The number of carboxylic acid groups (broad SMARTS) is 1. The molecule has 0 spiro atoms. The summed E-state index contributed by atoms with van der Waals surface area (Å²) in [5, 5.41) is 9.35. The second-order valence-corrected chi connectivity index (χ2v) is 4.08. The van der Waals surface area contributed by atoms with E-state index in [-0.39, 0.29) is 0 Å². The highest BCUT2D eigenvalue weighted by Gasteiger charge is 2.38. The van der Waals surface area contributed by atoms with Crippen molar-refractivity contribution in [2.45, 2.75) is 25.3 Å². The normalized spacial score (nSPS) is 14.1. The van der Waals surface area contributed by atoms with E-state index < -0.39 is 11.5 Å². The van der Waals surface area contributed by atoms with Crippen LogP contribution in [0.1, 0.15) is 19.8 Å². The number of aliphatic carboxylic acids is 1. The van der Waals surface area contributed by atoms with Crippen LogP contribution in [0.25, 0.3) is 0 Å². The fourth-order valence-corrected chi connectivity index (χ4v) is 1.55. The van der Waals surface area contributed by atoms with Crippen LogP contribution in [0.15, 0.2) is 18.5 Å². The SMILES string of the molecule is CN(c1ncccn1)[C@@](C)(CCCN)C(=O)O. The van der Waals surface area contributed by atoms with Crippen LogP contribution in [0.5, 0.6) is 0 Å². The van der Waals surface area contributed by atoms with Gasteiger partial charge in [-0.25, -0.2) is 14.8 Å². The monoisotopic (exact) mass is 238 g/mol. The van der Waals surface area contributed by atoms with E-state index in [1.54, 1.807) is 37.3 Å². The van der Waals surface area contributed by atoms with Crippen molar-refractivity contribution in [2.75, 3.05) is 18.5 Å². The smallest absolute Gasteiger partial charge is 0.329 e. The lowest BCUT2D eigenvalue weighted by atomic mass is 9.94. The van der Waals surface area contributed by atoms with Crippen molar-refractivity contribution in [3.63, 3.8) is 0 Å². The van der Waals surface area contributed by atoms with Crippen LogP contribution in [0.3, 0.4) is 0 Å². The molecule has 0 fully saturated rings. The van der Waals surface area contributed by atoms with E-state index in [0.717, 1.165) is 0 Å². The maximum atomic E-state index is 11.4. The van der Waals surface area contributed by atoms with Crippen molar-refractivity contribution in [3.8, 4) is 0 Å². The molecule has 1 atom stereocenters. The number of nitrogens with two attached hydrogens (primary N) is 1. The minimum absolute atomic E-state index is 0.398. The van der Waals surface area contributed by atoms with Crippen LogP contribution in [0, 0.1) is 0 Å². The minimum atomic E-state index is -1.04. The summed E-state index contributed by atoms with van der Waals surface area (Å²) in [6, 6.07) is 1.69. The Kier molecular flexibility index (Phi) is 4.39. The van der Waals surface area contributed by atoms with Gasteiger partial charge >= 0.3 is 5.97 Å².